The predicted molar refractivity (Wildman–Crippen MR) is 75.7 cm³/mol. The van der Waals surface area contributed by atoms with Gasteiger partial charge >= 0.3 is 0 Å². The fourth-order valence-corrected chi connectivity index (χ4v) is 3.40. The molecule has 1 N–H and O–H groups in total. The van der Waals surface area contributed by atoms with Gasteiger partial charge in [-0.15, -0.1) is 0 Å². The molecule has 0 amide bonds. The fourth-order valence-electron chi connectivity index (χ4n) is 3.40. The maximum atomic E-state index is 8.89. The Bertz CT molecular complexity index is 495. The topological polar surface area (TPSA) is 39.1 Å². The third-order valence-corrected chi connectivity index (χ3v) is 4.68. The largest absolute Gasteiger partial charge is 0.308 e. The minimum atomic E-state index is 0.651. The zero-order valence-corrected chi connectivity index (χ0v) is 11.5. The Balaban J connectivity index is 1.62. The molecule has 3 nitrogen and oxygen atoms in total. The molecule has 0 radical (unpaired) electrons. The third kappa shape index (κ3) is 2.65. The molecule has 0 saturated carbocycles. The van der Waals surface area contributed by atoms with Crippen molar-refractivity contribution in [2.75, 3.05) is 19.6 Å². The van der Waals surface area contributed by atoms with E-state index in [4.69, 9.17) is 5.26 Å². The van der Waals surface area contributed by atoms with E-state index in [0.717, 1.165) is 18.0 Å². The molecule has 3 fully saturated rings. The standard InChI is InChI=1S/C16H21N3/c1-12-8-13(9-17)2-3-15(12)10-18-16-11-19-6-4-14(16)5-7-19/h2-3,8,14,16,18H,4-7,10-11H2,1H3. The minimum Gasteiger partial charge on any atom is -0.308 e. The van der Waals surface area contributed by atoms with Crippen LogP contribution >= 0.6 is 0 Å². The number of aryl methyl sites for hydroxylation is 1. The van der Waals surface area contributed by atoms with Gasteiger partial charge < -0.3 is 10.2 Å². The summed E-state index contributed by atoms with van der Waals surface area (Å²) in [7, 11) is 0. The zero-order valence-electron chi connectivity index (χ0n) is 11.5. The monoisotopic (exact) mass is 255 g/mol. The number of nitriles is 1. The van der Waals surface area contributed by atoms with Crippen LogP contribution < -0.4 is 5.32 Å². The molecule has 1 aromatic carbocycles. The molecule has 3 aliphatic rings. The summed E-state index contributed by atoms with van der Waals surface area (Å²) in [5.74, 6) is 0.865. The van der Waals surface area contributed by atoms with Crippen LogP contribution in [-0.4, -0.2) is 30.6 Å². The van der Waals surface area contributed by atoms with Crippen molar-refractivity contribution < 1.29 is 0 Å². The Labute approximate surface area is 115 Å². The number of fused-ring (bicyclic) bond motifs is 3. The van der Waals surface area contributed by atoms with Gasteiger partial charge in [-0.05, 0) is 62.0 Å². The van der Waals surface area contributed by atoms with Crippen molar-refractivity contribution in [1.29, 1.82) is 5.26 Å². The number of piperidine rings is 3. The van der Waals surface area contributed by atoms with Crippen molar-refractivity contribution in [3.63, 3.8) is 0 Å². The molecule has 1 unspecified atom stereocenters. The smallest absolute Gasteiger partial charge is 0.0991 e. The predicted octanol–water partition coefficient (Wildman–Crippen LogP) is 2.05. The first kappa shape index (κ1) is 12.7. The second-order valence-corrected chi connectivity index (χ2v) is 5.88. The molecule has 1 atom stereocenters. The molecule has 0 aromatic heterocycles. The maximum Gasteiger partial charge on any atom is 0.0991 e. The molecule has 3 saturated heterocycles. The van der Waals surface area contributed by atoms with E-state index < -0.39 is 0 Å². The van der Waals surface area contributed by atoms with Crippen LogP contribution in [0.25, 0.3) is 0 Å². The molecule has 3 heteroatoms. The SMILES string of the molecule is Cc1cc(C#N)ccc1CNC1CN2CCC1CC2. The lowest BCUT2D eigenvalue weighted by atomic mass is 9.84. The molecule has 0 spiro atoms. The van der Waals surface area contributed by atoms with E-state index in [0.29, 0.717) is 6.04 Å². The van der Waals surface area contributed by atoms with Crippen molar-refractivity contribution >= 4 is 0 Å². The highest BCUT2D eigenvalue weighted by Gasteiger charge is 2.33. The average Bonchev–Trinajstić information content (AvgIpc) is 2.47. The van der Waals surface area contributed by atoms with Gasteiger partial charge in [-0.3, -0.25) is 0 Å². The van der Waals surface area contributed by atoms with Crippen molar-refractivity contribution in [2.24, 2.45) is 5.92 Å². The first-order valence-corrected chi connectivity index (χ1v) is 7.21. The molecular weight excluding hydrogens is 234 g/mol. The molecule has 100 valence electrons. The lowest BCUT2D eigenvalue weighted by molar-refractivity contribution is 0.0720. The first-order valence-electron chi connectivity index (χ1n) is 7.21. The Morgan fingerprint density at radius 2 is 2.16 bits per heavy atom. The number of nitrogens with one attached hydrogen (secondary N) is 1. The summed E-state index contributed by atoms with van der Waals surface area (Å²) >= 11 is 0. The van der Waals surface area contributed by atoms with E-state index in [1.165, 1.54) is 43.6 Å². The van der Waals surface area contributed by atoms with Gasteiger partial charge in [-0.25, -0.2) is 0 Å². The van der Waals surface area contributed by atoms with Crippen LogP contribution in [0.5, 0.6) is 0 Å². The molecule has 4 rings (SSSR count). The lowest BCUT2D eigenvalue weighted by Gasteiger charge is -2.45. The average molecular weight is 255 g/mol. The highest BCUT2D eigenvalue weighted by atomic mass is 15.2. The minimum absolute atomic E-state index is 0.651. The third-order valence-electron chi connectivity index (χ3n) is 4.68. The fraction of sp³-hybridized carbons (Fsp3) is 0.562. The maximum absolute atomic E-state index is 8.89. The molecule has 0 aliphatic carbocycles. The van der Waals surface area contributed by atoms with Crippen molar-refractivity contribution in [3.8, 4) is 6.07 Å². The molecule has 3 heterocycles. The van der Waals surface area contributed by atoms with E-state index in [2.05, 4.69) is 29.3 Å². The van der Waals surface area contributed by atoms with Crippen LogP contribution in [0.1, 0.15) is 29.5 Å². The number of rotatable bonds is 3. The Morgan fingerprint density at radius 3 is 2.74 bits per heavy atom. The summed E-state index contributed by atoms with van der Waals surface area (Å²) in [6, 6.07) is 8.83. The van der Waals surface area contributed by atoms with Crippen LogP contribution in [0.15, 0.2) is 18.2 Å². The Kier molecular flexibility index (Phi) is 3.54. The molecular formula is C16H21N3. The van der Waals surface area contributed by atoms with Crippen LogP contribution in [-0.2, 0) is 6.54 Å². The summed E-state index contributed by atoms with van der Waals surface area (Å²) in [6.45, 7) is 6.80. The normalized spacial score (nSPS) is 29.2. The first-order chi connectivity index (χ1) is 9.26. The quantitative estimate of drug-likeness (QED) is 0.898. The van der Waals surface area contributed by atoms with Gasteiger partial charge in [0.05, 0.1) is 11.6 Å². The van der Waals surface area contributed by atoms with E-state index in [1.807, 2.05) is 12.1 Å². The Hall–Kier alpha value is -1.37. The molecule has 1 aromatic rings. The Morgan fingerprint density at radius 1 is 1.37 bits per heavy atom. The molecule has 3 aliphatic heterocycles. The summed E-state index contributed by atoms with van der Waals surface area (Å²) in [5.41, 5.74) is 3.28. The van der Waals surface area contributed by atoms with Crippen molar-refractivity contribution in [3.05, 3.63) is 34.9 Å². The second kappa shape index (κ2) is 5.32. The van der Waals surface area contributed by atoms with Crippen LogP contribution in [0.2, 0.25) is 0 Å². The highest BCUT2D eigenvalue weighted by Crippen LogP contribution is 2.27. The van der Waals surface area contributed by atoms with Gasteiger partial charge in [0.15, 0.2) is 0 Å². The number of benzene rings is 1. The van der Waals surface area contributed by atoms with Crippen LogP contribution in [0.3, 0.4) is 0 Å². The van der Waals surface area contributed by atoms with Gasteiger partial charge in [0.25, 0.3) is 0 Å². The van der Waals surface area contributed by atoms with E-state index >= 15 is 0 Å². The van der Waals surface area contributed by atoms with Gasteiger partial charge in [-0.2, -0.15) is 5.26 Å². The van der Waals surface area contributed by atoms with E-state index in [1.54, 1.807) is 0 Å². The van der Waals surface area contributed by atoms with Gasteiger partial charge in [0.1, 0.15) is 0 Å². The zero-order chi connectivity index (χ0) is 13.2. The van der Waals surface area contributed by atoms with Crippen molar-refractivity contribution in [1.82, 2.24) is 10.2 Å². The number of nitrogens with zero attached hydrogens (tertiary/aromatic N) is 2. The summed E-state index contributed by atoms with van der Waals surface area (Å²) in [4.78, 5) is 2.57. The van der Waals surface area contributed by atoms with Crippen LogP contribution in [0, 0.1) is 24.2 Å². The second-order valence-electron chi connectivity index (χ2n) is 5.88. The van der Waals surface area contributed by atoms with Gasteiger partial charge in [0.2, 0.25) is 0 Å². The van der Waals surface area contributed by atoms with E-state index in [-0.39, 0.29) is 0 Å². The van der Waals surface area contributed by atoms with E-state index in [9.17, 15) is 0 Å². The van der Waals surface area contributed by atoms with Crippen molar-refractivity contribution in [2.45, 2.75) is 32.4 Å². The van der Waals surface area contributed by atoms with Gasteiger partial charge in [-0.1, -0.05) is 6.07 Å². The van der Waals surface area contributed by atoms with Crippen LogP contribution in [0.4, 0.5) is 0 Å². The lowest BCUT2D eigenvalue weighted by Crippen LogP contribution is -2.55. The summed E-state index contributed by atoms with van der Waals surface area (Å²) in [5, 5.41) is 12.6. The number of hydrogen-bond donors (Lipinski definition) is 1. The number of hydrogen-bond acceptors (Lipinski definition) is 3. The summed E-state index contributed by atoms with van der Waals surface area (Å²) < 4.78 is 0. The summed E-state index contributed by atoms with van der Waals surface area (Å²) in [6.07, 6.45) is 2.70. The molecule has 2 bridgehead atoms. The van der Waals surface area contributed by atoms with Gasteiger partial charge in [0, 0.05) is 19.1 Å². The highest BCUT2D eigenvalue weighted by molar-refractivity contribution is 5.37. The molecule has 19 heavy (non-hydrogen) atoms.